The van der Waals surface area contributed by atoms with Crippen molar-refractivity contribution in [3.05, 3.63) is 64.4 Å². The summed E-state index contributed by atoms with van der Waals surface area (Å²) < 4.78 is 0. The predicted molar refractivity (Wildman–Crippen MR) is 77.6 cm³/mol. The molecule has 0 bridgehead atoms. The molecule has 0 aliphatic rings. The van der Waals surface area contributed by atoms with Crippen LogP contribution in [0.15, 0.2) is 42.7 Å². The van der Waals surface area contributed by atoms with E-state index in [0.29, 0.717) is 10.9 Å². The van der Waals surface area contributed by atoms with Gasteiger partial charge in [-0.15, -0.1) is 11.6 Å². The van der Waals surface area contributed by atoms with Crippen LogP contribution in [0, 0.1) is 6.92 Å². The Labute approximate surface area is 118 Å². The maximum absolute atomic E-state index is 6.15. The number of pyridine rings is 1. The molecule has 1 heterocycles. The van der Waals surface area contributed by atoms with Crippen molar-refractivity contribution in [2.24, 2.45) is 0 Å². The minimum atomic E-state index is 0.285. The number of hydrogen-bond acceptors (Lipinski definition) is 1. The molecule has 0 radical (unpaired) electrons. The van der Waals surface area contributed by atoms with Gasteiger partial charge in [-0.25, -0.2) is 0 Å². The molecule has 1 atom stereocenters. The van der Waals surface area contributed by atoms with Crippen LogP contribution in [0.2, 0.25) is 5.02 Å². The van der Waals surface area contributed by atoms with Gasteiger partial charge in [0.25, 0.3) is 0 Å². The second-order valence-corrected chi connectivity index (χ2v) is 5.09. The maximum Gasteiger partial charge on any atom is 0.0621 e. The van der Waals surface area contributed by atoms with Crippen LogP contribution in [0.25, 0.3) is 0 Å². The summed E-state index contributed by atoms with van der Waals surface area (Å²) in [5.74, 6) is 0.872. The lowest BCUT2D eigenvalue weighted by molar-refractivity contribution is 0.759. The second-order valence-electron chi connectivity index (χ2n) is 4.38. The number of benzene rings is 1. The number of aryl methyl sites for hydroxylation is 1. The van der Waals surface area contributed by atoms with Gasteiger partial charge in [0.1, 0.15) is 0 Å². The number of hydrogen-bond donors (Lipinski definition) is 0. The lowest BCUT2D eigenvalue weighted by Crippen LogP contribution is -2.07. The van der Waals surface area contributed by atoms with Crippen LogP contribution in [0.3, 0.4) is 0 Å². The molecule has 0 spiro atoms. The van der Waals surface area contributed by atoms with Gasteiger partial charge in [0.05, 0.1) is 5.02 Å². The first-order valence-electron chi connectivity index (χ1n) is 5.92. The van der Waals surface area contributed by atoms with E-state index in [4.69, 9.17) is 23.2 Å². The summed E-state index contributed by atoms with van der Waals surface area (Å²) in [6.07, 6.45) is 4.29. The Hall–Kier alpha value is -1.05. The summed E-state index contributed by atoms with van der Waals surface area (Å²) in [6, 6.07) is 10.3. The molecule has 18 heavy (non-hydrogen) atoms. The van der Waals surface area contributed by atoms with Gasteiger partial charge in [-0.1, -0.05) is 35.9 Å². The first-order valence-corrected chi connectivity index (χ1v) is 6.83. The van der Waals surface area contributed by atoms with E-state index in [-0.39, 0.29) is 5.92 Å². The first-order chi connectivity index (χ1) is 8.72. The van der Waals surface area contributed by atoms with Gasteiger partial charge in [-0.2, -0.15) is 0 Å². The van der Waals surface area contributed by atoms with Gasteiger partial charge in [0, 0.05) is 24.2 Å². The maximum atomic E-state index is 6.15. The Morgan fingerprint density at radius 2 is 2.00 bits per heavy atom. The Bertz CT molecular complexity index is 525. The van der Waals surface area contributed by atoms with Crippen molar-refractivity contribution in [3.8, 4) is 0 Å². The van der Waals surface area contributed by atoms with Crippen molar-refractivity contribution in [1.29, 1.82) is 0 Å². The highest BCUT2D eigenvalue weighted by Crippen LogP contribution is 2.27. The summed E-state index contributed by atoms with van der Waals surface area (Å²) in [4.78, 5) is 4.00. The molecular weight excluding hydrogens is 265 g/mol. The van der Waals surface area contributed by atoms with E-state index in [1.807, 2.05) is 12.1 Å². The number of aromatic nitrogens is 1. The molecule has 1 aromatic carbocycles. The van der Waals surface area contributed by atoms with Gasteiger partial charge in [0.15, 0.2) is 0 Å². The predicted octanol–water partition coefficient (Wildman–Crippen LogP) is 4.61. The molecule has 0 saturated heterocycles. The molecule has 0 N–H and O–H groups in total. The molecule has 1 nitrogen and oxygen atoms in total. The summed E-state index contributed by atoms with van der Waals surface area (Å²) in [5, 5.41) is 0.709. The number of rotatable bonds is 4. The van der Waals surface area contributed by atoms with Crippen molar-refractivity contribution >= 4 is 23.2 Å². The molecule has 1 unspecified atom stereocenters. The zero-order chi connectivity index (χ0) is 13.0. The van der Waals surface area contributed by atoms with E-state index in [0.717, 1.165) is 12.0 Å². The van der Waals surface area contributed by atoms with Crippen LogP contribution in [0.1, 0.15) is 22.6 Å². The molecule has 2 aromatic rings. The average Bonchev–Trinajstić information content (AvgIpc) is 2.39. The minimum absolute atomic E-state index is 0.285. The topological polar surface area (TPSA) is 12.9 Å². The van der Waals surface area contributed by atoms with E-state index >= 15 is 0 Å². The highest BCUT2D eigenvalue weighted by molar-refractivity contribution is 6.31. The molecule has 0 fully saturated rings. The van der Waals surface area contributed by atoms with E-state index in [2.05, 4.69) is 30.1 Å². The fourth-order valence-electron chi connectivity index (χ4n) is 2.13. The smallest absolute Gasteiger partial charge is 0.0621 e. The molecule has 2 rings (SSSR count). The van der Waals surface area contributed by atoms with Crippen molar-refractivity contribution in [2.45, 2.75) is 19.3 Å². The summed E-state index contributed by atoms with van der Waals surface area (Å²) in [5.41, 5.74) is 3.66. The molecule has 0 saturated carbocycles. The molecule has 0 aliphatic carbocycles. The zero-order valence-electron chi connectivity index (χ0n) is 10.2. The molecular formula is C15H15Cl2N. The van der Waals surface area contributed by atoms with Crippen molar-refractivity contribution in [3.63, 3.8) is 0 Å². The fraction of sp³-hybridized carbons (Fsp3) is 0.267. The van der Waals surface area contributed by atoms with E-state index in [1.54, 1.807) is 12.4 Å². The number of halogens is 2. The van der Waals surface area contributed by atoms with Crippen LogP contribution < -0.4 is 0 Å². The minimum Gasteiger partial charge on any atom is -0.263 e. The summed E-state index contributed by atoms with van der Waals surface area (Å²) in [7, 11) is 0. The average molecular weight is 280 g/mol. The third kappa shape index (κ3) is 3.04. The zero-order valence-corrected chi connectivity index (χ0v) is 11.7. The van der Waals surface area contributed by atoms with Gasteiger partial charge < -0.3 is 0 Å². The van der Waals surface area contributed by atoms with E-state index in [1.165, 1.54) is 11.1 Å². The summed E-state index contributed by atoms with van der Waals surface area (Å²) in [6.45, 7) is 2.11. The van der Waals surface area contributed by atoms with Gasteiger partial charge >= 0.3 is 0 Å². The molecule has 94 valence electrons. The van der Waals surface area contributed by atoms with Crippen LogP contribution >= 0.6 is 23.2 Å². The monoisotopic (exact) mass is 279 g/mol. The Balaban J connectivity index is 2.26. The molecule has 1 aromatic heterocycles. The standard InChI is InChI=1S/C15H15Cl2N/c1-11-4-2-3-5-14(11)13(9-16)8-12-6-7-18-10-15(12)17/h2-7,10,13H,8-9H2,1H3. The molecule has 3 heteroatoms. The van der Waals surface area contributed by atoms with Crippen molar-refractivity contribution in [2.75, 3.05) is 5.88 Å². The lowest BCUT2D eigenvalue weighted by Gasteiger charge is -2.17. The van der Waals surface area contributed by atoms with Crippen molar-refractivity contribution in [1.82, 2.24) is 4.98 Å². The number of nitrogens with zero attached hydrogens (tertiary/aromatic N) is 1. The second kappa shape index (κ2) is 6.21. The van der Waals surface area contributed by atoms with Crippen LogP contribution in [0.5, 0.6) is 0 Å². The molecule has 0 amide bonds. The lowest BCUT2D eigenvalue weighted by atomic mass is 9.91. The highest BCUT2D eigenvalue weighted by Gasteiger charge is 2.14. The van der Waals surface area contributed by atoms with Crippen LogP contribution in [-0.4, -0.2) is 10.9 Å². The van der Waals surface area contributed by atoms with Gasteiger partial charge in [-0.3, -0.25) is 4.98 Å². The summed E-state index contributed by atoms with van der Waals surface area (Å²) >= 11 is 12.3. The quantitative estimate of drug-likeness (QED) is 0.745. The van der Waals surface area contributed by atoms with E-state index < -0.39 is 0 Å². The SMILES string of the molecule is Cc1ccccc1C(CCl)Cc1ccncc1Cl. The third-order valence-electron chi connectivity index (χ3n) is 3.14. The Morgan fingerprint density at radius 3 is 2.67 bits per heavy atom. The molecule has 0 aliphatic heterocycles. The third-order valence-corrected chi connectivity index (χ3v) is 3.85. The van der Waals surface area contributed by atoms with Gasteiger partial charge in [-0.05, 0) is 36.1 Å². The van der Waals surface area contributed by atoms with Crippen LogP contribution in [0.4, 0.5) is 0 Å². The first kappa shape index (κ1) is 13.4. The fourth-order valence-corrected chi connectivity index (χ4v) is 2.60. The highest BCUT2D eigenvalue weighted by atomic mass is 35.5. The largest absolute Gasteiger partial charge is 0.263 e. The normalized spacial score (nSPS) is 12.4. The van der Waals surface area contributed by atoms with Crippen molar-refractivity contribution < 1.29 is 0 Å². The Kier molecular flexibility index (Phi) is 4.62. The van der Waals surface area contributed by atoms with Gasteiger partial charge in [0.2, 0.25) is 0 Å². The number of alkyl halides is 1. The Morgan fingerprint density at radius 1 is 1.22 bits per heavy atom. The van der Waals surface area contributed by atoms with Crippen LogP contribution in [-0.2, 0) is 6.42 Å². The van der Waals surface area contributed by atoms with E-state index in [9.17, 15) is 0 Å².